The van der Waals surface area contributed by atoms with Crippen LogP contribution in [0.4, 0.5) is 21.9 Å². The number of hydrogen-bond acceptors (Lipinski definition) is 9. The fourth-order valence-electron chi connectivity index (χ4n) is 2.27. The van der Waals surface area contributed by atoms with E-state index >= 15 is 0 Å². The van der Waals surface area contributed by atoms with Crippen LogP contribution in [0.2, 0.25) is 0 Å². The summed E-state index contributed by atoms with van der Waals surface area (Å²) in [4.78, 5) is 34.3. The van der Waals surface area contributed by atoms with E-state index in [1.807, 2.05) is 0 Å². The smallest absolute Gasteiger partial charge is 0.457 e. The first-order chi connectivity index (χ1) is 15.0. The van der Waals surface area contributed by atoms with E-state index in [9.17, 15) is 19.7 Å². The lowest BCUT2D eigenvalue weighted by atomic mass is 10.1. The standard InChI is InChI=1S/C22H23N3O7/c1-14(2)20(26)30-13-15-10-11-16(12-18(15)25(28)29)23-24-17-8-6-7-9-19(17)31-21(27)32-22(3,4)5/h6-12H,1,13H2,2-5H3. The molecule has 2 aromatic carbocycles. The fraction of sp³-hybridized carbons (Fsp3) is 0.273. The highest BCUT2D eigenvalue weighted by Gasteiger charge is 2.19. The van der Waals surface area contributed by atoms with Crippen molar-refractivity contribution in [1.82, 2.24) is 0 Å². The second-order valence-corrected chi connectivity index (χ2v) is 7.66. The summed E-state index contributed by atoms with van der Waals surface area (Å²) in [5.74, 6) is -0.534. The molecule has 0 heterocycles. The molecule has 0 saturated carbocycles. The summed E-state index contributed by atoms with van der Waals surface area (Å²) in [6.45, 7) is 9.76. The number of carbonyl (C=O) groups is 2. The minimum Gasteiger partial charge on any atom is -0.457 e. The van der Waals surface area contributed by atoms with Crippen molar-refractivity contribution in [3.63, 3.8) is 0 Å². The predicted octanol–water partition coefficient (Wildman–Crippen LogP) is 5.94. The van der Waals surface area contributed by atoms with Gasteiger partial charge >= 0.3 is 12.1 Å². The Balaban J connectivity index is 2.22. The van der Waals surface area contributed by atoms with E-state index in [0.717, 1.165) is 0 Å². The normalized spacial score (nSPS) is 11.1. The molecule has 0 atom stereocenters. The minimum absolute atomic E-state index is 0.114. The van der Waals surface area contributed by atoms with Gasteiger partial charge in [-0.25, -0.2) is 9.59 Å². The van der Waals surface area contributed by atoms with Gasteiger partial charge in [0.15, 0.2) is 5.75 Å². The summed E-state index contributed by atoms with van der Waals surface area (Å²) in [7, 11) is 0. The highest BCUT2D eigenvalue weighted by Crippen LogP contribution is 2.31. The molecule has 0 aliphatic carbocycles. The van der Waals surface area contributed by atoms with Crippen LogP contribution >= 0.6 is 0 Å². The quantitative estimate of drug-likeness (QED) is 0.130. The van der Waals surface area contributed by atoms with Gasteiger partial charge in [-0.2, -0.15) is 5.11 Å². The highest BCUT2D eigenvalue weighted by molar-refractivity contribution is 5.86. The summed E-state index contributed by atoms with van der Waals surface area (Å²) in [5, 5.41) is 19.4. The second-order valence-electron chi connectivity index (χ2n) is 7.66. The maximum absolute atomic E-state index is 11.9. The molecule has 0 spiro atoms. The molecule has 0 amide bonds. The molecule has 0 fully saturated rings. The molecule has 0 saturated heterocycles. The molecule has 0 aliphatic heterocycles. The molecule has 0 radical (unpaired) electrons. The Labute approximate surface area is 184 Å². The first-order valence-electron chi connectivity index (χ1n) is 9.48. The molecule has 168 valence electrons. The van der Waals surface area contributed by atoms with Gasteiger partial charge in [0.2, 0.25) is 0 Å². The average molecular weight is 441 g/mol. The molecule has 2 aromatic rings. The van der Waals surface area contributed by atoms with Crippen LogP contribution in [0.25, 0.3) is 0 Å². The Hall–Kier alpha value is -4.08. The third kappa shape index (κ3) is 7.31. The van der Waals surface area contributed by atoms with Gasteiger partial charge in [0.25, 0.3) is 5.69 Å². The molecule has 0 unspecified atom stereocenters. The molecule has 10 heteroatoms. The molecular formula is C22H23N3O7. The molecule has 10 nitrogen and oxygen atoms in total. The number of rotatable bonds is 7. The Morgan fingerprint density at radius 3 is 2.44 bits per heavy atom. The topological polar surface area (TPSA) is 130 Å². The summed E-state index contributed by atoms with van der Waals surface area (Å²) in [6, 6.07) is 10.5. The Morgan fingerprint density at radius 1 is 1.12 bits per heavy atom. The van der Waals surface area contributed by atoms with Gasteiger partial charge in [0, 0.05) is 11.6 Å². The van der Waals surface area contributed by atoms with Gasteiger partial charge < -0.3 is 14.2 Å². The maximum atomic E-state index is 11.9. The lowest BCUT2D eigenvalue weighted by molar-refractivity contribution is -0.385. The van der Waals surface area contributed by atoms with Crippen molar-refractivity contribution in [2.24, 2.45) is 10.2 Å². The van der Waals surface area contributed by atoms with E-state index in [1.54, 1.807) is 39.0 Å². The molecular weight excluding hydrogens is 418 g/mol. The molecule has 32 heavy (non-hydrogen) atoms. The van der Waals surface area contributed by atoms with Crippen LogP contribution in [0.3, 0.4) is 0 Å². The van der Waals surface area contributed by atoms with Crippen molar-refractivity contribution in [3.8, 4) is 5.75 Å². The zero-order valence-corrected chi connectivity index (χ0v) is 18.2. The van der Waals surface area contributed by atoms with Crippen molar-refractivity contribution < 1.29 is 28.7 Å². The number of benzene rings is 2. The Bertz CT molecular complexity index is 1070. The van der Waals surface area contributed by atoms with Crippen molar-refractivity contribution in [2.45, 2.75) is 39.9 Å². The van der Waals surface area contributed by atoms with Crippen LogP contribution in [-0.4, -0.2) is 22.6 Å². The Morgan fingerprint density at radius 2 is 1.81 bits per heavy atom. The van der Waals surface area contributed by atoms with E-state index in [2.05, 4.69) is 16.8 Å². The number of para-hydroxylation sites is 1. The van der Waals surface area contributed by atoms with E-state index < -0.39 is 22.6 Å². The molecule has 0 N–H and O–H groups in total. The second kappa shape index (κ2) is 10.3. The number of azo groups is 1. The third-order valence-electron chi connectivity index (χ3n) is 3.69. The summed E-state index contributed by atoms with van der Waals surface area (Å²) in [5.41, 5.74) is -0.233. The molecule has 0 aromatic heterocycles. The third-order valence-corrected chi connectivity index (χ3v) is 3.69. The maximum Gasteiger partial charge on any atom is 0.514 e. The minimum atomic E-state index is -0.899. The van der Waals surface area contributed by atoms with Crippen LogP contribution in [0.5, 0.6) is 5.75 Å². The number of hydrogen-bond donors (Lipinski definition) is 0. The van der Waals surface area contributed by atoms with Gasteiger partial charge in [-0.05, 0) is 52.0 Å². The van der Waals surface area contributed by atoms with Crippen LogP contribution in [0.1, 0.15) is 33.3 Å². The van der Waals surface area contributed by atoms with Gasteiger partial charge in [-0.15, -0.1) is 5.11 Å². The fourth-order valence-corrected chi connectivity index (χ4v) is 2.27. The van der Waals surface area contributed by atoms with E-state index in [1.165, 1.54) is 31.2 Å². The van der Waals surface area contributed by atoms with Gasteiger partial charge in [0.1, 0.15) is 17.9 Å². The predicted molar refractivity (Wildman–Crippen MR) is 115 cm³/mol. The monoisotopic (exact) mass is 441 g/mol. The van der Waals surface area contributed by atoms with Crippen molar-refractivity contribution in [3.05, 3.63) is 70.3 Å². The molecule has 2 rings (SSSR count). The molecule has 0 bridgehead atoms. The Kier molecular flexibility index (Phi) is 7.78. The van der Waals surface area contributed by atoms with E-state index in [0.29, 0.717) is 0 Å². The number of ether oxygens (including phenoxy) is 3. The van der Waals surface area contributed by atoms with Crippen LogP contribution in [0, 0.1) is 10.1 Å². The largest absolute Gasteiger partial charge is 0.514 e. The number of carbonyl (C=O) groups excluding carboxylic acids is 2. The summed E-state index contributed by atoms with van der Waals surface area (Å²) < 4.78 is 15.3. The number of nitro benzene ring substituents is 1. The highest BCUT2D eigenvalue weighted by atomic mass is 16.7. The lowest BCUT2D eigenvalue weighted by Gasteiger charge is -2.18. The van der Waals surface area contributed by atoms with Gasteiger partial charge in [-0.3, -0.25) is 10.1 Å². The zero-order valence-electron chi connectivity index (χ0n) is 18.2. The summed E-state index contributed by atoms with van der Waals surface area (Å²) >= 11 is 0. The van der Waals surface area contributed by atoms with Crippen molar-refractivity contribution in [2.75, 3.05) is 0 Å². The number of esters is 1. The van der Waals surface area contributed by atoms with E-state index in [-0.39, 0.29) is 40.6 Å². The van der Waals surface area contributed by atoms with Crippen LogP contribution in [0.15, 0.2) is 64.8 Å². The van der Waals surface area contributed by atoms with Gasteiger partial charge in [-0.1, -0.05) is 18.7 Å². The van der Waals surface area contributed by atoms with E-state index in [4.69, 9.17) is 14.2 Å². The summed E-state index contributed by atoms with van der Waals surface area (Å²) in [6.07, 6.45) is -0.899. The first kappa shape index (κ1) is 24.2. The first-order valence-corrected chi connectivity index (χ1v) is 9.48. The lowest BCUT2D eigenvalue weighted by Crippen LogP contribution is -2.25. The van der Waals surface area contributed by atoms with Crippen molar-refractivity contribution >= 4 is 29.2 Å². The zero-order chi connectivity index (χ0) is 23.9. The van der Waals surface area contributed by atoms with Gasteiger partial charge in [0.05, 0.1) is 16.2 Å². The van der Waals surface area contributed by atoms with Crippen LogP contribution in [-0.2, 0) is 20.9 Å². The van der Waals surface area contributed by atoms with Crippen molar-refractivity contribution in [1.29, 1.82) is 0 Å². The number of nitrogens with zero attached hydrogens (tertiary/aromatic N) is 3. The SMILES string of the molecule is C=C(C)C(=O)OCc1ccc(N=Nc2ccccc2OC(=O)OC(C)(C)C)cc1[N+](=O)[O-]. The average Bonchev–Trinajstić information content (AvgIpc) is 2.70. The molecule has 0 aliphatic rings. The van der Waals surface area contributed by atoms with Crippen LogP contribution < -0.4 is 4.74 Å². The number of nitro groups is 1.